The molecule has 0 amide bonds. The third kappa shape index (κ3) is 11.5. The first-order chi connectivity index (χ1) is 13.3. The lowest BCUT2D eigenvalue weighted by molar-refractivity contribution is -0.140. The van der Waals surface area contributed by atoms with Gasteiger partial charge in [0.05, 0.1) is 13.2 Å². The van der Waals surface area contributed by atoms with Crippen LogP contribution < -0.4 is 0 Å². The Morgan fingerprint density at radius 3 is 1.13 bits per heavy atom. The molecule has 0 aliphatic heterocycles. The Balaban J connectivity index is 4.51. The van der Waals surface area contributed by atoms with E-state index < -0.39 is 28.1 Å². The smallest absolute Gasteiger partial charge is 0.331 e. The second-order valence-electron chi connectivity index (χ2n) is 12.8. The van der Waals surface area contributed by atoms with Gasteiger partial charge >= 0.3 is 11.9 Å². The van der Waals surface area contributed by atoms with Crippen molar-refractivity contribution in [2.45, 2.75) is 105 Å². The number of hydrogen-bond donors (Lipinski definition) is 0. The van der Waals surface area contributed by atoms with Crippen LogP contribution in [0.1, 0.15) is 54.4 Å². The van der Waals surface area contributed by atoms with Gasteiger partial charge < -0.3 is 9.47 Å². The zero-order valence-electron chi connectivity index (χ0n) is 21.8. The minimum absolute atomic E-state index is 0.192. The number of carbonyl (C=O) groups excluding carboxylic acids is 2. The summed E-state index contributed by atoms with van der Waals surface area (Å²) in [4.78, 5) is 23.9. The van der Waals surface area contributed by atoms with Gasteiger partial charge in [0, 0.05) is 28.3 Å². The molecule has 0 aliphatic rings. The summed E-state index contributed by atoms with van der Waals surface area (Å²) in [6.45, 7) is 28.4. The van der Waals surface area contributed by atoms with Crippen molar-refractivity contribution in [3.63, 3.8) is 0 Å². The zero-order chi connectivity index (χ0) is 24.0. The fraction of sp³-hybridized carbons (Fsp3) is 0.833. The first-order valence-electron chi connectivity index (χ1n) is 11.3. The van der Waals surface area contributed by atoms with E-state index in [1.165, 1.54) is 12.2 Å². The molecule has 0 bridgehead atoms. The molecule has 0 N–H and O–H groups in total. The molecule has 0 saturated carbocycles. The predicted octanol–water partition coefficient (Wildman–Crippen LogP) is 6.92. The molecule has 2 atom stereocenters. The maximum atomic E-state index is 12.0. The summed E-state index contributed by atoms with van der Waals surface area (Å²) in [5, 5.41) is 0. The Morgan fingerprint density at radius 2 is 0.933 bits per heavy atom. The maximum absolute atomic E-state index is 12.0. The topological polar surface area (TPSA) is 52.6 Å². The van der Waals surface area contributed by atoms with E-state index in [0.29, 0.717) is 24.3 Å². The highest BCUT2D eigenvalue weighted by molar-refractivity contribution is 6.78. The summed E-state index contributed by atoms with van der Waals surface area (Å²) in [6, 6.07) is 0. The van der Waals surface area contributed by atoms with Crippen molar-refractivity contribution in [1.82, 2.24) is 0 Å². The first kappa shape index (κ1) is 29.1. The average Bonchev–Trinajstić information content (AvgIpc) is 2.48. The second kappa shape index (κ2) is 11.1. The lowest BCUT2D eigenvalue weighted by atomic mass is 9.90. The summed E-state index contributed by atoms with van der Waals surface area (Å²) in [6.07, 6.45) is 4.08. The molecule has 176 valence electrons. The lowest BCUT2D eigenvalue weighted by Crippen LogP contribution is -2.37. The molecular formula is C24H48O4Si2. The number of esters is 2. The van der Waals surface area contributed by atoms with E-state index >= 15 is 0 Å². The van der Waals surface area contributed by atoms with Crippen molar-refractivity contribution in [2.24, 2.45) is 10.8 Å². The summed E-state index contributed by atoms with van der Waals surface area (Å²) in [5.41, 5.74) is 1.48. The van der Waals surface area contributed by atoms with Crippen LogP contribution in [0.5, 0.6) is 0 Å². The third-order valence-corrected chi connectivity index (χ3v) is 12.3. The minimum Gasteiger partial charge on any atom is -0.463 e. The standard InChI is InChI=1S/C24H48O4Si2/c1-23(2,3)19(29(7,8)9)15-17-27-21(25)13-14-22(26)28-18-16-20(24(4,5)6)30(10,11)12/h13-14,19-20H,15-18H2,1-12H3/b14-13+. The van der Waals surface area contributed by atoms with Crippen LogP contribution in [0.15, 0.2) is 12.2 Å². The molecule has 0 rings (SSSR count). The van der Waals surface area contributed by atoms with E-state index in [1.54, 1.807) is 0 Å². The van der Waals surface area contributed by atoms with Crippen molar-refractivity contribution >= 4 is 28.1 Å². The van der Waals surface area contributed by atoms with Crippen LogP contribution in [-0.4, -0.2) is 41.3 Å². The second-order valence-corrected chi connectivity index (χ2v) is 23.7. The van der Waals surface area contributed by atoms with Crippen molar-refractivity contribution in [3.8, 4) is 0 Å². The van der Waals surface area contributed by atoms with Crippen LogP contribution in [0.3, 0.4) is 0 Å². The van der Waals surface area contributed by atoms with Gasteiger partial charge in [-0.15, -0.1) is 0 Å². The molecule has 0 heterocycles. The van der Waals surface area contributed by atoms with Gasteiger partial charge in [0.15, 0.2) is 0 Å². The molecule has 0 spiro atoms. The van der Waals surface area contributed by atoms with E-state index in [-0.39, 0.29) is 10.8 Å². The Bertz CT molecular complexity index is 504. The lowest BCUT2D eigenvalue weighted by Gasteiger charge is -2.39. The van der Waals surface area contributed by atoms with Gasteiger partial charge in [-0.3, -0.25) is 0 Å². The summed E-state index contributed by atoms with van der Waals surface area (Å²) < 4.78 is 10.7. The molecule has 0 saturated heterocycles. The molecule has 0 aromatic rings. The Labute approximate surface area is 188 Å². The summed E-state index contributed by atoms with van der Waals surface area (Å²) in [5.74, 6) is -0.963. The van der Waals surface area contributed by atoms with Crippen molar-refractivity contribution in [3.05, 3.63) is 12.2 Å². The fourth-order valence-electron chi connectivity index (χ4n) is 5.12. The summed E-state index contributed by atoms with van der Waals surface area (Å²) >= 11 is 0. The molecule has 0 aromatic carbocycles. The molecule has 0 radical (unpaired) electrons. The fourth-order valence-corrected chi connectivity index (χ4v) is 12.3. The van der Waals surface area contributed by atoms with Crippen LogP contribution in [0.25, 0.3) is 0 Å². The quantitative estimate of drug-likeness (QED) is 0.203. The van der Waals surface area contributed by atoms with E-state index in [9.17, 15) is 9.59 Å². The molecule has 4 nitrogen and oxygen atoms in total. The maximum Gasteiger partial charge on any atom is 0.331 e. The SMILES string of the molecule is CC(C)(C)C(CCOC(=O)/C=C/C(=O)OCCC(C(C)(C)C)[Si](C)(C)C)[Si](C)(C)C. The average molecular weight is 457 g/mol. The largest absolute Gasteiger partial charge is 0.463 e. The molecule has 0 aliphatic carbocycles. The van der Waals surface area contributed by atoms with Crippen molar-refractivity contribution in [2.75, 3.05) is 13.2 Å². The van der Waals surface area contributed by atoms with Crippen molar-refractivity contribution in [1.29, 1.82) is 0 Å². The molecular weight excluding hydrogens is 408 g/mol. The van der Waals surface area contributed by atoms with Crippen LogP contribution in [0, 0.1) is 10.8 Å². The number of hydrogen-bond acceptors (Lipinski definition) is 4. The van der Waals surface area contributed by atoms with Crippen LogP contribution in [0.2, 0.25) is 50.4 Å². The number of rotatable bonds is 10. The van der Waals surface area contributed by atoms with E-state index in [1.807, 2.05) is 0 Å². The molecule has 2 unspecified atom stereocenters. The molecule has 30 heavy (non-hydrogen) atoms. The molecule has 6 heteroatoms. The normalized spacial score (nSPS) is 15.7. The summed E-state index contributed by atoms with van der Waals surface area (Å²) in [7, 11) is -2.73. The Hall–Kier alpha value is -0.886. The van der Waals surface area contributed by atoms with Crippen molar-refractivity contribution < 1.29 is 19.1 Å². The molecule has 0 fully saturated rings. The third-order valence-electron chi connectivity index (χ3n) is 5.84. The highest BCUT2D eigenvalue weighted by Crippen LogP contribution is 2.42. The van der Waals surface area contributed by atoms with Gasteiger partial charge in [-0.05, 0) is 34.8 Å². The first-order valence-corrected chi connectivity index (χ1v) is 18.4. The Morgan fingerprint density at radius 1 is 0.667 bits per heavy atom. The monoisotopic (exact) mass is 456 g/mol. The zero-order valence-corrected chi connectivity index (χ0v) is 23.8. The van der Waals surface area contributed by atoms with Crippen LogP contribution in [-0.2, 0) is 19.1 Å². The highest BCUT2D eigenvalue weighted by atomic mass is 28.3. The van der Waals surface area contributed by atoms with E-state index in [4.69, 9.17) is 9.47 Å². The van der Waals surface area contributed by atoms with Gasteiger partial charge in [0.2, 0.25) is 0 Å². The van der Waals surface area contributed by atoms with Crippen LogP contribution >= 0.6 is 0 Å². The van der Waals surface area contributed by atoms with E-state index in [2.05, 4.69) is 80.8 Å². The van der Waals surface area contributed by atoms with Gasteiger partial charge in [-0.2, -0.15) is 0 Å². The minimum atomic E-state index is -1.36. The Kier molecular flexibility index (Phi) is 10.8. The van der Waals surface area contributed by atoms with Gasteiger partial charge in [-0.25, -0.2) is 9.59 Å². The van der Waals surface area contributed by atoms with Gasteiger partial charge in [-0.1, -0.05) is 80.8 Å². The van der Waals surface area contributed by atoms with Gasteiger partial charge in [0.25, 0.3) is 0 Å². The van der Waals surface area contributed by atoms with Gasteiger partial charge in [0.1, 0.15) is 0 Å². The number of carbonyl (C=O) groups is 2. The number of ether oxygens (including phenoxy) is 2. The van der Waals surface area contributed by atoms with Crippen LogP contribution in [0.4, 0.5) is 0 Å². The molecule has 0 aromatic heterocycles. The highest BCUT2D eigenvalue weighted by Gasteiger charge is 2.36. The predicted molar refractivity (Wildman–Crippen MR) is 133 cm³/mol. The van der Waals surface area contributed by atoms with E-state index in [0.717, 1.165) is 12.8 Å².